The molecule has 1 amide bonds. The van der Waals surface area contributed by atoms with E-state index in [1.165, 1.54) is 34.6 Å². The predicted molar refractivity (Wildman–Crippen MR) is 116 cm³/mol. The monoisotopic (exact) mass is 486 g/mol. The van der Waals surface area contributed by atoms with Crippen LogP contribution in [0.2, 0.25) is 0 Å². The fourth-order valence-corrected chi connectivity index (χ4v) is 5.00. The van der Waals surface area contributed by atoms with Crippen LogP contribution in [-0.4, -0.2) is 44.9 Å². The third-order valence-corrected chi connectivity index (χ3v) is 6.92. The Morgan fingerprint density at radius 2 is 1.73 bits per heavy atom. The largest absolute Gasteiger partial charge is 0.492 e. The summed E-state index contributed by atoms with van der Waals surface area (Å²) in [6.45, 7) is 2.12. The minimum atomic E-state index is -4.63. The van der Waals surface area contributed by atoms with Crippen LogP contribution in [0, 0.1) is 0 Å². The lowest BCUT2D eigenvalue weighted by Crippen LogP contribution is -2.35. The first-order chi connectivity index (χ1) is 15.6. The van der Waals surface area contributed by atoms with E-state index in [4.69, 9.17) is 9.47 Å². The van der Waals surface area contributed by atoms with Gasteiger partial charge in [0.25, 0.3) is 5.91 Å². The predicted octanol–water partition coefficient (Wildman–Crippen LogP) is 4.30. The van der Waals surface area contributed by atoms with Crippen LogP contribution < -0.4 is 14.8 Å². The highest BCUT2D eigenvalue weighted by Crippen LogP contribution is 2.36. The van der Waals surface area contributed by atoms with Gasteiger partial charge in [0.15, 0.2) is 6.61 Å². The van der Waals surface area contributed by atoms with E-state index < -0.39 is 40.0 Å². The van der Waals surface area contributed by atoms with Gasteiger partial charge in [-0.05, 0) is 50.1 Å². The highest BCUT2D eigenvalue weighted by molar-refractivity contribution is 7.89. The summed E-state index contributed by atoms with van der Waals surface area (Å²) < 4.78 is 77.2. The Hall–Kier alpha value is -2.79. The van der Waals surface area contributed by atoms with Crippen molar-refractivity contribution < 1.29 is 35.9 Å². The number of carbonyl (C=O) groups is 1. The number of rotatable bonds is 8. The average molecular weight is 487 g/mol. The van der Waals surface area contributed by atoms with E-state index in [9.17, 15) is 26.4 Å². The van der Waals surface area contributed by atoms with Crippen molar-refractivity contribution in [3.63, 3.8) is 0 Å². The number of nitrogens with one attached hydrogen (secondary N) is 1. The molecular weight excluding hydrogens is 461 g/mol. The number of nitrogens with zero attached hydrogens (tertiary/aromatic N) is 1. The first kappa shape index (κ1) is 24.8. The molecule has 0 spiro atoms. The van der Waals surface area contributed by atoms with Gasteiger partial charge in [-0.15, -0.1) is 0 Å². The second-order valence-corrected chi connectivity index (χ2v) is 9.32. The molecule has 0 aliphatic carbocycles. The SMILES string of the molecule is CCOc1ccc(S(=O)(=O)N2CCCCC2)cc1NC(=O)COc1ccccc1C(F)(F)F. The highest BCUT2D eigenvalue weighted by Gasteiger charge is 2.34. The van der Waals surface area contributed by atoms with Crippen LogP contribution in [0.3, 0.4) is 0 Å². The number of hydrogen-bond donors (Lipinski definition) is 1. The molecule has 3 rings (SSSR count). The summed E-state index contributed by atoms with van der Waals surface area (Å²) in [5.74, 6) is -1.01. The van der Waals surface area contributed by atoms with Gasteiger partial charge in [-0.3, -0.25) is 4.79 Å². The lowest BCUT2D eigenvalue weighted by molar-refractivity contribution is -0.139. The van der Waals surface area contributed by atoms with Gasteiger partial charge in [-0.2, -0.15) is 17.5 Å². The Labute approximate surface area is 190 Å². The lowest BCUT2D eigenvalue weighted by atomic mass is 10.2. The topological polar surface area (TPSA) is 84.9 Å². The number of hydrogen-bond acceptors (Lipinski definition) is 5. The first-order valence-corrected chi connectivity index (χ1v) is 11.9. The number of ether oxygens (including phenoxy) is 2. The Kier molecular flexibility index (Phi) is 7.85. The van der Waals surface area contributed by atoms with E-state index in [-0.39, 0.29) is 22.9 Å². The highest BCUT2D eigenvalue weighted by atomic mass is 32.2. The van der Waals surface area contributed by atoms with Gasteiger partial charge in [-0.1, -0.05) is 18.6 Å². The summed E-state index contributed by atoms with van der Waals surface area (Å²) >= 11 is 0. The summed E-state index contributed by atoms with van der Waals surface area (Å²) in [5, 5.41) is 2.49. The Morgan fingerprint density at radius 3 is 2.39 bits per heavy atom. The van der Waals surface area contributed by atoms with Gasteiger partial charge >= 0.3 is 6.18 Å². The van der Waals surface area contributed by atoms with E-state index in [2.05, 4.69) is 5.32 Å². The van der Waals surface area contributed by atoms with E-state index in [0.29, 0.717) is 13.1 Å². The number of anilines is 1. The molecule has 2 aromatic rings. The lowest BCUT2D eigenvalue weighted by Gasteiger charge is -2.26. The molecule has 0 bridgehead atoms. The third-order valence-electron chi connectivity index (χ3n) is 5.03. The maximum absolute atomic E-state index is 13.1. The second-order valence-electron chi connectivity index (χ2n) is 7.39. The van der Waals surface area contributed by atoms with Crippen LogP contribution in [0.1, 0.15) is 31.7 Å². The Balaban J connectivity index is 1.78. The molecule has 2 aromatic carbocycles. The zero-order valence-corrected chi connectivity index (χ0v) is 18.8. The molecule has 180 valence electrons. The molecule has 0 saturated carbocycles. The average Bonchev–Trinajstić information content (AvgIpc) is 2.79. The molecule has 11 heteroatoms. The van der Waals surface area contributed by atoms with E-state index in [1.54, 1.807) is 6.92 Å². The van der Waals surface area contributed by atoms with Crippen LogP contribution in [0.25, 0.3) is 0 Å². The number of para-hydroxylation sites is 1. The normalized spacial score (nSPS) is 15.2. The second kappa shape index (κ2) is 10.4. The molecule has 1 heterocycles. The minimum Gasteiger partial charge on any atom is -0.492 e. The standard InChI is InChI=1S/C22H25F3N2O5S/c1-2-31-20-11-10-16(33(29,30)27-12-6-3-7-13-27)14-18(20)26-21(28)15-32-19-9-5-4-8-17(19)22(23,24)25/h4-5,8-11,14H,2-3,6-7,12-13,15H2,1H3,(H,26,28). The number of alkyl halides is 3. The summed E-state index contributed by atoms with van der Waals surface area (Å²) in [4.78, 5) is 12.4. The minimum absolute atomic E-state index is 0.00788. The smallest absolute Gasteiger partial charge is 0.419 e. The van der Waals surface area contributed by atoms with Crippen LogP contribution >= 0.6 is 0 Å². The Morgan fingerprint density at radius 1 is 1.03 bits per heavy atom. The third kappa shape index (κ3) is 6.17. The first-order valence-electron chi connectivity index (χ1n) is 10.5. The summed E-state index contributed by atoms with van der Waals surface area (Å²) in [6, 6.07) is 8.69. The number of sulfonamides is 1. The molecule has 0 unspecified atom stereocenters. The fraction of sp³-hybridized carbons (Fsp3) is 0.409. The van der Waals surface area contributed by atoms with Gasteiger partial charge < -0.3 is 14.8 Å². The maximum Gasteiger partial charge on any atom is 0.419 e. The molecule has 1 aliphatic heterocycles. The van der Waals surface area contributed by atoms with Gasteiger partial charge in [0, 0.05) is 13.1 Å². The van der Waals surface area contributed by atoms with Crippen LogP contribution in [-0.2, 0) is 21.0 Å². The van der Waals surface area contributed by atoms with Crippen molar-refractivity contribution >= 4 is 21.6 Å². The van der Waals surface area contributed by atoms with Crippen LogP contribution in [0.15, 0.2) is 47.4 Å². The van der Waals surface area contributed by atoms with E-state index in [1.807, 2.05) is 0 Å². The van der Waals surface area contributed by atoms with E-state index >= 15 is 0 Å². The van der Waals surface area contributed by atoms with Crippen molar-refractivity contribution in [2.45, 2.75) is 37.3 Å². The number of halogens is 3. The zero-order valence-electron chi connectivity index (χ0n) is 18.0. The molecule has 33 heavy (non-hydrogen) atoms. The molecule has 0 atom stereocenters. The van der Waals surface area contributed by atoms with Crippen LogP contribution in [0.4, 0.5) is 18.9 Å². The number of benzene rings is 2. The van der Waals surface area contributed by atoms with Crippen molar-refractivity contribution in [2.75, 3.05) is 31.6 Å². The Bertz CT molecular complexity index is 1080. The molecule has 0 radical (unpaired) electrons. The number of carbonyl (C=O) groups excluding carboxylic acids is 1. The van der Waals surface area contributed by atoms with Crippen molar-refractivity contribution in [1.29, 1.82) is 0 Å². The molecule has 1 N–H and O–H groups in total. The zero-order chi connectivity index (χ0) is 24.1. The van der Waals surface area contributed by atoms with Crippen molar-refractivity contribution in [3.8, 4) is 11.5 Å². The molecule has 1 saturated heterocycles. The fourth-order valence-electron chi connectivity index (χ4n) is 3.46. The van der Waals surface area contributed by atoms with Crippen molar-refractivity contribution in [1.82, 2.24) is 4.31 Å². The molecule has 0 aromatic heterocycles. The number of piperidine rings is 1. The van der Waals surface area contributed by atoms with Gasteiger partial charge in [0.05, 0.1) is 22.8 Å². The summed E-state index contributed by atoms with van der Waals surface area (Å²) in [5.41, 5.74) is -0.907. The summed E-state index contributed by atoms with van der Waals surface area (Å²) in [7, 11) is -3.76. The van der Waals surface area contributed by atoms with Gasteiger partial charge in [-0.25, -0.2) is 8.42 Å². The van der Waals surface area contributed by atoms with Crippen molar-refractivity contribution in [3.05, 3.63) is 48.0 Å². The summed E-state index contributed by atoms with van der Waals surface area (Å²) in [6.07, 6.45) is -2.12. The van der Waals surface area contributed by atoms with Crippen molar-refractivity contribution in [2.24, 2.45) is 0 Å². The van der Waals surface area contributed by atoms with Crippen LogP contribution in [0.5, 0.6) is 11.5 Å². The molecule has 7 nitrogen and oxygen atoms in total. The van der Waals surface area contributed by atoms with Gasteiger partial charge in [0.1, 0.15) is 11.5 Å². The van der Waals surface area contributed by atoms with E-state index in [0.717, 1.165) is 31.4 Å². The molecule has 1 fully saturated rings. The number of amides is 1. The van der Waals surface area contributed by atoms with Gasteiger partial charge in [0.2, 0.25) is 10.0 Å². The quantitative estimate of drug-likeness (QED) is 0.602. The molecule has 1 aliphatic rings. The molecular formula is C22H25F3N2O5S. The maximum atomic E-state index is 13.1.